The van der Waals surface area contributed by atoms with Crippen LogP contribution in [0.5, 0.6) is 0 Å². The number of hydrogen-bond acceptors (Lipinski definition) is 3. The second-order valence-electron chi connectivity index (χ2n) is 6.93. The van der Waals surface area contributed by atoms with E-state index in [2.05, 4.69) is 43.7 Å². The molecule has 0 unspecified atom stereocenters. The number of nitrogens with zero attached hydrogens (tertiary/aromatic N) is 3. The fraction of sp³-hybridized carbons (Fsp3) is 0.600. The van der Waals surface area contributed by atoms with Crippen molar-refractivity contribution in [3.63, 3.8) is 0 Å². The molecule has 3 rings (SSSR count). The maximum atomic E-state index is 4.61. The van der Waals surface area contributed by atoms with Crippen LogP contribution < -0.4 is 15.5 Å². The average Bonchev–Trinajstić information content (AvgIpc) is 3.20. The molecule has 1 aromatic rings. The van der Waals surface area contributed by atoms with Gasteiger partial charge in [0.25, 0.3) is 0 Å². The summed E-state index contributed by atoms with van der Waals surface area (Å²) in [5.41, 5.74) is 2.77. The molecule has 0 amide bonds. The van der Waals surface area contributed by atoms with E-state index in [1.807, 2.05) is 13.2 Å². The molecule has 1 aliphatic heterocycles. The van der Waals surface area contributed by atoms with Gasteiger partial charge in [-0.2, -0.15) is 0 Å². The molecule has 2 N–H and O–H groups in total. The first kappa shape index (κ1) is 21.0. The lowest BCUT2D eigenvalue weighted by Gasteiger charge is -2.17. The third-order valence-electron chi connectivity index (χ3n) is 5.05. The van der Waals surface area contributed by atoms with E-state index >= 15 is 0 Å². The average molecular weight is 469 g/mol. The zero-order valence-corrected chi connectivity index (χ0v) is 18.2. The molecule has 2 heterocycles. The summed E-state index contributed by atoms with van der Waals surface area (Å²) in [6.07, 6.45) is 13.3. The summed E-state index contributed by atoms with van der Waals surface area (Å²) in [6, 6.07) is 4.29. The highest BCUT2D eigenvalue weighted by atomic mass is 127. The van der Waals surface area contributed by atoms with E-state index in [1.165, 1.54) is 44.1 Å². The van der Waals surface area contributed by atoms with Crippen LogP contribution in [0.15, 0.2) is 35.0 Å². The van der Waals surface area contributed by atoms with Crippen LogP contribution in [-0.4, -0.2) is 37.6 Å². The minimum atomic E-state index is 0. The van der Waals surface area contributed by atoms with Crippen LogP contribution in [0.25, 0.3) is 0 Å². The molecule has 144 valence electrons. The number of rotatable bonds is 6. The first-order chi connectivity index (χ1) is 12.3. The van der Waals surface area contributed by atoms with Gasteiger partial charge in [0.1, 0.15) is 5.82 Å². The highest BCUT2D eigenvalue weighted by Crippen LogP contribution is 2.19. The predicted octanol–water partition coefficient (Wildman–Crippen LogP) is 3.86. The van der Waals surface area contributed by atoms with Crippen LogP contribution in [0.1, 0.15) is 50.5 Å². The smallest absolute Gasteiger partial charge is 0.191 e. The summed E-state index contributed by atoms with van der Waals surface area (Å²) in [5, 5.41) is 6.79. The quantitative estimate of drug-likeness (QED) is 0.288. The topological polar surface area (TPSA) is 52.6 Å². The van der Waals surface area contributed by atoms with Gasteiger partial charge in [-0.3, -0.25) is 4.99 Å². The molecular formula is C20H32IN5. The second-order valence-corrected chi connectivity index (χ2v) is 6.93. The lowest BCUT2D eigenvalue weighted by molar-refractivity contribution is 0.665. The van der Waals surface area contributed by atoms with Crippen molar-refractivity contribution < 1.29 is 0 Å². The number of guanidine groups is 1. The Morgan fingerprint density at radius 1 is 1.15 bits per heavy atom. The van der Waals surface area contributed by atoms with E-state index in [0.29, 0.717) is 0 Å². The van der Waals surface area contributed by atoms with Crippen LogP contribution in [0, 0.1) is 0 Å². The van der Waals surface area contributed by atoms with Crippen molar-refractivity contribution in [2.45, 2.75) is 51.5 Å². The van der Waals surface area contributed by atoms with Crippen molar-refractivity contribution in [2.24, 2.45) is 4.99 Å². The Bertz CT molecular complexity index is 591. The molecule has 0 aromatic carbocycles. The van der Waals surface area contributed by atoms with Gasteiger partial charge in [-0.05, 0) is 56.6 Å². The number of pyridine rings is 1. The van der Waals surface area contributed by atoms with Gasteiger partial charge in [-0.1, -0.05) is 17.7 Å². The lowest BCUT2D eigenvalue weighted by Crippen LogP contribution is -2.37. The first-order valence-electron chi connectivity index (χ1n) is 9.67. The molecule has 5 nitrogen and oxygen atoms in total. The van der Waals surface area contributed by atoms with Gasteiger partial charge >= 0.3 is 0 Å². The zero-order chi connectivity index (χ0) is 17.3. The summed E-state index contributed by atoms with van der Waals surface area (Å²) < 4.78 is 0. The van der Waals surface area contributed by atoms with Crippen LogP contribution in [0.3, 0.4) is 0 Å². The Morgan fingerprint density at radius 3 is 2.65 bits per heavy atom. The molecule has 1 fully saturated rings. The van der Waals surface area contributed by atoms with Crippen molar-refractivity contribution in [2.75, 3.05) is 31.6 Å². The van der Waals surface area contributed by atoms with Gasteiger partial charge in [0, 0.05) is 39.4 Å². The molecule has 6 heteroatoms. The van der Waals surface area contributed by atoms with Gasteiger partial charge < -0.3 is 15.5 Å². The van der Waals surface area contributed by atoms with Crippen LogP contribution in [0.4, 0.5) is 5.82 Å². The molecule has 0 atom stereocenters. The van der Waals surface area contributed by atoms with Crippen LogP contribution in [-0.2, 0) is 6.54 Å². The number of aromatic nitrogens is 1. The van der Waals surface area contributed by atoms with Gasteiger partial charge in [0.15, 0.2) is 5.96 Å². The molecule has 1 aromatic heterocycles. The SMILES string of the molecule is CN=C(NCCC1=CCCCC1)NCc1ccc(N2CCCC2)nc1.I. The Morgan fingerprint density at radius 2 is 2.00 bits per heavy atom. The summed E-state index contributed by atoms with van der Waals surface area (Å²) in [6.45, 7) is 3.96. The predicted molar refractivity (Wildman–Crippen MR) is 120 cm³/mol. The third kappa shape index (κ3) is 6.45. The van der Waals surface area contributed by atoms with Crippen molar-refractivity contribution in [3.8, 4) is 0 Å². The molecule has 2 aliphatic rings. The number of anilines is 1. The minimum absolute atomic E-state index is 0. The summed E-state index contributed by atoms with van der Waals surface area (Å²) in [5.74, 6) is 1.96. The number of halogens is 1. The fourth-order valence-electron chi connectivity index (χ4n) is 3.53. The van der Waals surface area contributed by atoms with Gasteiger partial charge in [-0.15, -0.1) is 24.0 Å². The molecule has 0 saturated carbocycles. The molecule has 26 heavy (non-hydrogen) atoms. The second kappa shape index (κ2) is 11.4. The van der Waals surface area contributed by atoms with E-state index < -0.39 is 0 Å². The maximum Gasteiger partial charge on any atom is 0.191 e. The van der Waals surface area contributed by atoms with Crippen molar-refractivity contribution in [3.05, 3.63) is 35.5 Å². The standard InChI is InChI=1S/C20H31N5.HI/c1-21-20(22-12-11-17-7-3-2-4-8-17)24-16-18-9-10-19(23-15-18)25-13-5-6-14-25;/h7,9-10,15H,2-6,8,11-14,16H2,1H3,(H2,21,22,24);1H. The largest absolute Gasteiger partial charge is 0.357 e. The van der Waals surface area contributed by atoms with Gasteiger partial charge in [-0.25, -0.2) is 4.98 Å². The van der Waals surface area contributed by atoms with Crippen LogP contribution in [0.2, 0.25) is 0 Å². The minimum Gasteiger partial charge on any atom is -0.357 e. The van der Waals surface area contributed by atoms with E-state index in [0.717, 1.165) is 44.4 Å². The number of allylic oxidation sites excluding steroid dienone is 1. The van der Waals surface area contributed by atoms with Crippen molar-refractivity contribution in [1.82, 2.24) is 15.6 Å². The summed E-state index contributed by atoms with van der Waals surface area (Å²) >= 11 is 0. The van der Waals surface area contributed by atoms with E-state index in [4.69, 9.17) is 0 Å². The Hall–Kier alpha value is -1.31. The first-order valence-corrected chi connectivity index (χ1v) is 9.67. The van der Waals surface area contributed by atoms with Gasteiger partial charge in [0.05, 0.1) is 0 Å². The number of aliphatic imine (C=N–C) groups is 1. The monoisotopic (exact) mass is 469 g/mol. The lowest BCUT2D eigenvalue weighted by atomic mass is 9.97. The normalized spacial score (nSPS) is 17.5. The number of nitrogens with one attached hydrogen (secondary N) is 2. The molecule has 1 aliphatic carbocycles. The highest BCUT2D eigenvalue weighted by Gasteiger charge is 2.13. The van der Waals surface area contributed by atoms with E-state index in [1.54, 1.807) is 5.57 Å². The highest BCUT2D eigenvalue weighted by molar-refractivity contribution is 14.0. The van der Waals surface area contributed by atoms with Crippen LogP contribution >= 0.6 is 24.0 Å². The van der Waals surface area contributed by atoms with E-state index in [9.17, 15) is 0 Å². The van der Waals surface area contributed by atoms with Crippen molar-refractivity contribution in [1.29, 1.82) is 0 Å². The molecule has 1 saturated heterocycles. The third-order valence-corrected chi connectivity index (χ3v) is 5.05. The molecule has 0 bridgehead atoms. The Kier molecular flexibility index (Phi) is 9.22. The fourth-order valence-corrected chi connectivity index (χ4v) is 3.53. The molecular weight excluding hydrogens is 437 g/mol. The number of hydrogen-bond donors (Lipinski definition) is 2. The van der Waals surface area contributed by atoms with E-state index in [-0.39, 0.29) is 24.0 Å². The maximum absolute atomic E-state index is 4.61. The van der Waals surface area contributed by atoms with Gasteiger partial charge in [0.2, 0.25) is 0 Å². The summed E-state index contributed by atoms with van der Waals surface area (Å²) in [7, 11) is 1.82. The summed E-state index contributed by atoms with van der Waals surface area (Å²) in [4.78, 5) is 11.3. The Labute approximate surface area is 174 Å². The molecule has 0 spiro atoms. The Balaban J connectivity index is 0.00000243. The molecule has 0 radical (unpaired) electrons. The zero-order valence-electron chi connectivity index (χ0n) is 15.8. The van der Waals surface area contributed by atoms with Crippen molar-refractivity contribution >= 4 is 35.8 Å².